The summed E-state index contributed by atoms with van der Waals surface area (Å²) in [5, 5.41) is 3.66. The van der Waals surface area contributed by atoms with Crippen molar-refractivity contribution in [3.05, 3.63) is 101 Å². The molecule has 5 rings (SSSR count). The largest absolute Gasteiger partial charge is 0.378 e. The van der Waals surface area contributed by atoms with Crippen molar-refractivity contribution in [3.8, 4) is 0 Å². The van der Waals surface area contributed by atoms with Gasteiger partial charge in [0.05, 0.1) is 10.9 Å². The van der Waals surface area contributed by atoms with E-state index in [0.717, 1.165) is 39.9 Å². The van der Waals surface area contributed by atoms with Crippen molar-refractivity contribution in [3.63, 3.8) is 0 Å². The molecule has 0 saturated heterocycles. The summed E-state index contributed by atoms with van der Waals surface area (Å²) in [5.41, 5.74) is 6.53. The van der Waals surface area contributed by atoms with Crippen LogP contribution >= 0.6 is 0 Å². The molecule has 0 spiro atoms. The molecular weight excluding hydrogens is 468 g/mol. The molecule has 0 saturated carbocycles. The van der Waals surface area contributed by atoms with Crippen LogP contribution in [0.2, 0.25) is 0 Å². The summed E-state index contributed by atoms with van der Waals surface area (Å²) in [7, 11) is -3.72. The molecule has 5 nitrogen and oxygen atoms in total. The lowest BCUT2D eigenvalue weighted by Gasteiger charge is -2.37. The van der Waals surface area contributed by atoms with E-state index >= 15 is 0 Å². The first-order valence-corrected chi connectivity index (χ1v) is 13.9. The Morgan fingerprint density at radius 2 is 1.72 bits per heavy atom. The minimum absolute atomic E-state index is 0.0334. The second kappa shape index (κ2) is 9.25. The van der Waals surface area contributed by atoms with Gasteiger partial charge in [0.15, 0.2) is 5.78 Å². The molecule has 0 fully saturated rings. The number of benzene rings is 3. The quantitative estimate of drug-likeness (QED) is 0.289. The van der Waals surface area contributed by atoms with E-state index in [1.54, 1.807) is 18.2 Å². The van der Waals surface area contributed by atoms with Crippen molar-refractivity contribution >= 4 is 27.2 Å². The SMILES string of the molecule is Cc1ccc(NS(=O)(=O)c2ccc3c(c2)[C@H]2C=CC[C@H]2C(c2ccc(C(=O)C(C)C)cc2)N3)cc1C. The van der Waals surface area contributed by atoms with Gasteiger partial charge in [-0.15, -0.1) is 0 Å². The van der Waals surface area contributed by atoms with Crippen molar-refractivity contribution < 1.29 is 13.2 Å². The van der Waals surface area contributed by atoms with Gasteiger partial charge in [-0.2, -0.15) is 0 Å². The van der Waals surface area contributed by atoms with Crippen molar-refractivity contribution in [2.45, 2.75) is 51.0 Å². The summed E-state index contributed by atoms with van der Waals surface area (Å²) in [6, 6.07) is 18.9. The molecule has 3 aromatic carbocycles. The van der Waals surface area contributed by atoms with Crippen LogP contribution in [0.4, 0.5) is 11.4 Å². The maximum atomic E-state index is 13.2. The number of Topliss-reactive ketones (excluding diaryl/α,β-unsaturated/α-hetero) is 1. The first kappa shape index (κ1) is 24.3. The second-order valence-corrected chi connectivity index (χ2v) is 12.0. The van der Waals surface area contributed by atoms with Crippen molar-refractivity contribution in [1.82, 2.24) is 0 Å². The Hall–Kier alpha value is -3.38. The normalized spacial score (nSPS) is 20.5. The molecule has 0 radical (unpaired) electrons. The number of hydrogen-bond donors (Lipinski definition) is 2. The predicted octanol–water partition coefficient (Wildman–Crippen LogP) is 6.77. The molecule has 0 aromatic heterocycles. The van der Waals surface area contributed by atoms with Crippen LogP contribution in [-0.2, 0) is 10.0 Å². The van der Waals surface area contributed by atoms with Gasteiger partial charge in [0.25, 0.3) is 10.0 Å². The molecule has 36 heavy (non-hydrogen) atoms. The molecule has 2 aliphatic rings. The van der Waals surface area contributed by atoms with Crippen LogP contribution in [-0.4, -0.2) is 14.2 Å². The topological polar surface area (TPSA) is 75.3 Å². The van der Waals surface area contributed by atoms with Crippen molar-refractivity contribution in [1.29, 1.82) is 0 Å². The Labute approximate surface area is 213 Å². The summed E-state index contributed by atoms with van der Waals surface area (Å²) in [6.07, 6.45) is 5.29. The summed E-state index contributed by atoms with van der Waals surface area (Å²) < 4.78 is 29.2. The van der Waals surface area contributed by atoms with Crippen LogP contribution in [0.25, 0.3) is 0 Å². The first-order valence-electron chi connectivity index (χ1n) is 12.5. The summed E-state index contributed by atoms with van der Waals surface area (Å²) in [5.74, 6) is 0.510. The number of hydrogen-bond acceptors (Lipinski definition) is 4. The number of allylic oxidation sites excluding steroid dienone is 2. The van der Waals surface area contributed by atoms with E-state index in [1.165, 1.54) is 0 Å². The lowest BCUT2D eigenvalue weighted by atomic mass is 9.77. The van der Waals surface area contributed by atoms with Gasteiger partial charge in [0.1, 0.15) is 0 Å². The van der Waals surface area contributed by atoms with Gasteiger partial charge in [-0.3, -0.25) is 9.52 Å². The van der Waals surface area contributed by atoms with Crippen molar-refractivity contribution in [2.75, 3.05) is 10.0 Å². The number of sulfonamides is 1. The highest BCUT2D eigenvalue weighted by Crippen LogP contribution is 2.50. The number of carbonyl (C=O) groups excluding carboxylic acids is 1. The zero-order valence-electron chi connectivity index (χ0n) is 21.1. The Kier molecular flexibility index (Phi) is 6.25. The summed E-state index contributed by atoms with van der Waals surface area (Å²) in [6.45, 7) is 7.80. The molecule has 3 atom stereocenters. The van der Waals surface area contributed by atoms with E-state index in [2.05, 4.69) is 22.2 Å². The standard InChI is InChI=1S/C30H32N2O3S/c1-18(2)30(33)22-11-9-21(10-12-22)29-26-7-5-6-25(26)27-17-24(14-15-28(27)31-29)36(34,35)32-23-13-8-19(3)20(4)16-23/h5-6,8-18,25-26,29,31-32H,7H2,1-4H3/t25-,26+,29?/m0/s1. The minimum Gasteiger partial charge on any atom is -0.378 e. The van der Waals surface area contributed by atoms with Crippen molar-refractivity contribution in [2.24, 2.45) is 11.8 Å². The maximum absolute atomic E-state index is 13.2. The molecule has 0 amide bonds. The highest BCUT2D eigenvalue weighted by Gasteiger charge is 2.38. The third kappa shape index (κ3) is 4.46. The Morgan fingerprint density at radius 3 is 2.42 bits per heavy atom. The molecular formula is C30H32N2O3S. The fraction of sp³-hybridized carbons (Fsp3) is 0.300. The molecule has 186 valence electrons. The number of nitrogens with one attached hydrogen (secondary N) is 2. The first-order chi connectivity index (χ1) is 17.1. The molecule has 1 aliphatic heterocycles. The van der Waals surface area contributed by atoms with Gasteiger partial charge in [-0.05, 0) is 78.8 Å². The number of rotatable bonds is 6. The molecule has 1 aliphatic carbocycles. The van der Waals surface area contributed by atoms with Gasteiger partial charge < -0.3 is 5.32 Å². The van der Waals surface area contributed by atoms with Gasteiger partial charge in [0.2, 0.25) is 0 Å². The van der Waals surface area contributed by atoms with E-state index in [-0.39, 0.29) is 34.5 Å². The van der Waals surface area contributed by atoms with E-state index in [9.17, 15) is 13.2 Å². The number of aryl methyl sites for hydroxylation is 2. The van der Waals surface area contributed by atoms with Crippen LogP contribution in [0.15, 0.2) is 77.7 Å². The van der Waals surface area contributed by atoms with Gasteiger partial charge in [0, 0.05) is 28.8 Å². The van der Waals surface area contributed by atoms with Gasteiger partial charge >= 0.3 is 0 Å². The summed E-state index contributed by atoms with van der Waals surface area (Å²) in [4.78, 5) is 12.6. The third-order valence-electron chi connectivity index (χ3n) is 7.48. The number of fused-ring (bicyclic) bond motifs is 3. The smallest absolute Gasteiger partial charge is 0.261 e. The van der Waals surface area contributed by atoms with Crippen LogP contribution in [0, 0.1) is 25.7 Å². The van der Waals surface area contributed by atoms with Gasteiger partial charge in [-0.1, -0.05) is 56.3 Å². The van der Waals surface area contributed by atoms with E-state index < -0.39 is 10.0 Å². The Bertz CT molecular complexity index is 1460. The third-order valence-corrected chi connectivity index (χ3v) is 8.86. The van der Waals surface area contributed by atoms with E-state index in [4.69, 9.17) is 0 Å². The minimum atomic E-state index is -3.72. The lowest BCUT2D eigenvalue weighted by molar-refractivity contribution is 0.0939. The fourth-order valence-corrected chi connectivity index (χ4v) is 6.36. The van der Waals surface area contributed by atoms with Crippen LogP contribution < -0.4 is 10.0 Å². The van der Waals surface area contributed by atoms with Crippen LogP contribution in [0.1, 0.15) is 64.8 Å². The zero-order chi connectivity index (χ0) is 25.6. The average Bonchev–Trinajstić information content (AvgIpc) is 3.35. The molecule has 1 heterocycles. The van der Waals surface area contributed by atoms with Crippen LogP contribution in [0.3, 0.4) is 0 Å². The highest BCUT2D eigenvalue weighted by molar-refractivity contribution is 7.92. The van der Waals surface area contributed by atoms with Gasteiger partial charge in [-0.25, -0.2) is 8.42 Å². The zero-order valence-corrected chi connectivity index (χ0v) is 21.9. The molecule has 1 unspecified atom stereocenters. The number of anilines is 2. The predicted molar refractivity (Wildman–Crippen MR) is 145 cm³/mol. The molecule has 0 bridgehead atoms. The number of carbonyl (C=O) groups is 1. The average molecular weight is 501 g/mol. The van der Waals surface area contributed by atoms with Crippen LogP contribution in [0.5, 0.6) is 0 Å². The van der Waals surface area contributed by atoms with E-state index in [0.29, 0.717) is 5.69 Å². The summed E-state index contributed by atoms with van der Waals surface area (Å²) >= 11 is 0. The molecule has 6 heteroatoms. The molecule has 3 aromatic rings. The Balaban J connectivity index is 1.43. The Morgan fingerprint density at radius 1 is 0.972 bits per heavy atom. The lowest BCUT2D eigenvalue weighted by Crippen LogP contribution is -2.29. The highest BCUT2D eigenvalue weighted by atomic mass is 32.2. The second-order valence-electron chi connectivity index (χ2n) is 10.3. The van der Waals surface area contributed by atoms with E-state index in [1.807, 2.05) is 70.2 Å². The number of ketones is 1. The maximum Gasteiger partial charge on any atom is 0.261 e. The fourth-order valence-electron chi connectivity index (χ4n) is 5.28. The molecule has 2 N–H and O–H groups in total. The monoisotopic (exact) mass is 500 g/mol.